The first-order valence-electron chi connectivity index (χ1n) is 5.31. The summed E-state index contributed by atoms with van der Waals surface area (Å²) in [5.74, 6) is 0.481. The molecule has 0 amide bonds. The van der Waals surface area contributed by atoms with Gasteiger partial charge < -0.3 is 15.0 Å². The number of para-hydroxylation sites is 1. The normalized spacial score (nSPS) is 11.2. The highest BCUT2D eigenvalue weighted by molar-refractivity contribution is 6.06. The summed E-state index contributed by atoms with van der Waals surface area (Å²) < 4.78 is 0. The van der Waals surface area contributed by atoms with Crippen molar-refractivity contribution in [1.29, 1.82) is 0 Å². The molecule has 0 fully saturated rings. The molecule has 2 aromatic heterocycles. The maximum atomic E-state index is 9.89. The predicted molar refractivity (Wildman–Crippen MR) is 67.4 cm³/mol. The van der Waals surface area contributed by atoms with Crippen LogP contribution >= 0.6 is 0 Å². The van der Waals surface area contributed by atoms with E-state index >= 15 is 0 Å². The van der Waals surface area contributed by atoms with Crippen LogP contribution in [0.4, 0.5) is 5.95 Å². The van der Waals surface area contributed by atoms with E-state index < -0.39 is 0 Å². The molecular weight excluding hydrogens is 216 g/mol. The second-order valence-electron chi connectivity index (χ2n) is 4.14. The minimum atomic E-state index is -0.0186. The van der Waals surface area contributed by atoms with Crippen LogP contribution in [0.1, 0.15) is 0 Å². The molecule has 3 aromatic rings. The zero-order valence-electron chi connectivity index (χ0n) is 9.60. The van der Waals surface area contributed by atoms with E-state index in [2.05, 4.69) is 15.0 Å². The number of aromatic hydroxyl groups is 1. The van der Waals surface area contributed by atoms with Crippen molar-refractivity contribution in [2.45, 2.75) is 0 Å². The minimum absolute atomic E-state index is 0.0186. The zero-order valence-corrected chi connectivity index (χ0v) is 9.60. The number of nitrogens with one attached hydrogen (secondary N) is 1. The largest absolute Gasteiger partial charge is 0.492 e. The van der Waals surface area contributed by atoms with E-state index in [0.29, 0.717) is 11.5 Å². The first-order valence-corrected chi connectivity index (χ1v) is 5.31. The number of H-pyrrole nitrogens is 1. The minimum Gasteiger partial charge on any atom is -0.492 e. The summed E-state index contributed by atoms with van der Waals surface area (Å²) in [5.41, 5.74) is 2.27. The Kier molecular flexibility index (Phi) is 1.95. The molecule has 0 atom stereocenters. The Morgan fingerprint density at radius 1 is 1.18 bits per heavy atom. The molecule has 0 aliphatic rings. The van der Waals surface area contributed by atoms with Crippen LogP contribution in [0, 0.1) is 0 Å². The van der Waals surface area contributed by atoms with Crippen LogP contribution < -0.4 is 4.90 Å². The quantitative estimate of drug-likeness (QED) is 0.667. The molecule has 2 heterocycles. The van der Waals surface area contributed by atoms with E-state index in [1.54, 1.807) is 4.90 Å². The molecule has 5 nitrogen and oxygen atoms in total. The second-order valence-corrected chi connectivity index (χ2v) is 4.14. The van der Waals surface area contributed by atoms with E-state index in [4.69, 9.17) is 0 Å². The van der Waals surface area contributed by atoms with Gasteiger partial charge in [-0.05, 0) is 6.07 Å². The molecule has 0 aliphatic heterocycles. The van der Waals surface area contributed by atoms with Gasteiger partial charge in [0.15, 0.2) is 0 Å². The summed E-state index contributed by atoms with van der Waals surface area (Å²) in [4.78, 5) is 13.4. The van der Waals surface area contributed by atoms with Crippen molar-refractivity contribution in [2.75, 3.05) is 19.0 Å². The number of aromatic amines is 1. The number of anilines is 1. The molecule has 1 aromatic carbocycles. The Morgan fingerprint density at radius 3 is 2.71 bits per heavy atom. The number of benzene rings is 1. The molecule has 0 saturated heterocycles. The molecule has 2 N–H and O–H groups in total. The van der Waals surface area contributed by atoms with Crippen molar-refractivity contribution in [3.63, 3.8) is 0 Å². The molecule has 0 saturated carbocycles. The van der Waals surface area contributed by atoms with Gasteiger partial charge in [-0.1, -0.05) is 18.2 Å². The van der Waals surface area contributed by atoms with Crippen molar-refractivity contribution in [3.05, 3.63) is 24.3 Å². The SMILES string of the molecule is CN(C)c1nc(O)c2[nH]c3ccccc3c2n1. The lowest BCUT2D eigenvalue weighted by molar-refractivity contribution is 0.458. The summed E-state index contributed by atoms with van der Waals surface area (Å²) in [6.45, 7) is 0. The highest BCUT2D eigenvalue weighted by Crippen LogP contribution is 2.29. The fourth-order valence-electron chi connectivity index (χ4n) is 1.88. The van der Waals surface area contributed by atoms with Gasteiger partial charge >= 0.3 is 0 Å². The van der Waals surface area contributed by atoms with Gasteiger partial charge in [-0.2, -0.15) is 4.98 Å². The van der Waals surface area contributed by atoms with E-state index in [0.717, 1.165) is 16.4 Å². The summed E-state index contributed by atoms with van der Waals surface area (Å²) in [7, 11) is 3.69. The van der Waals surface area contributed by atoms with Crippen LogP contribution in [0.2, 0.25) is 0 Å². The number of hydrogen-bond donors (Lipinski definition) is 2. The van der Waals surface area contributed by atoms with Crippen molar-refractivity contribution < 1.29 is 5.11 Å². The summed E-state index contributed by atoms with van der Waals surface area (Å²) in [5, 5.41) is 10.9. The van der Waals surface area contributed by atoms with Crippen molar-refractivity contribution in [1.82, 2.24) is 15.0 Å². The molecule has 3 rings (SSSR count). The highest BCUT2D eigenvalue weighted by Gasteiger charge is 2.12. The van der Waals surface area contributed by atoms with Crippen molar-refractivity contribution in [2.24, 2.45) is 0 Å². The van der Waals surface area contributed by atoms with Crippen LogP contribution in [0.15, 0.2) is 24.3 Å². The van der Waals surface area contributed by atoms with Gasteiger partial charge in [-0.25, -0.2) is 4.98 Å². The van der Waals surface area contributed by atoms with Gasteiger partial charge in [0.05, 0.1) is 0 Å². The Balaban J connectivity index is 2.46. The number of hydrogen-bond acceptors (Lipinski definition) is 4. The monoisotopic (exact) mass is 228 g/mol. The molecule has 0 unspecified atom stereocenters. The fourth-order valence-corrected chi connectivity index (χ4v) is 1.88. The predicted octanol–water partition coefficient (Wildman–Crippen LogP) is 1.88. The molecule has 0 bridgehead atoms. The van der Waals surface area contributed by atoms with Gasteiger partial charge in [0.25, 0.3) is 0 Å². The van der Waals surface area contributed by atoms with E-state index in [9.17, 15) is 5.11 Å². The van der Waals surface area contributed by atoms with E-state index in [1.165, 1.54) is 0 Å². The Labute approximate surface area is 97.7 Å². The summed E-state index contributed by atoms with van der Waals surface area (Å²) in [6.07, 6.45) is 0. The van der Waals surface area contributed by atoms with E-state index in [-0.39, 0.29) is 5.88 Å². The number of fused-ring (bicyclic) bond motifs is 3. The smallest absolute Gasteiger partial charge is 0.240 e. The van der Waals surface area contributed by atoms with Crippen LogP contribution in [-0.4, -0.2) is 34.2 Å². The number of rotatable bonds is 1. The molecule has 5 heteroatoms. The number of nitrogens with zero attached hydrogens (tertiary/aromatic N) is 3. The van der Waals surface area contributed by atoms with Gasteiger partial charge in [0.1, 0.15) is 11.0 Å². The molecule has 0 spiro atoms. The molecule has 0 aliphatic carbocycles. The van der Waals surface area contributed by atoms with Crippen LogP contribution in [0.25, 0.3) is 21.9 Å². The maximum Gasteiger partial charge on any atom is 0.240 e. The van der Waals surface area contributed by atoms with Crippen LogP contribution in [0.5, 0.6) is 5.88 Å². The second kappa shape index (κ2) is 3.35. The fraction of sp³-hybridized carbons (Fsp3) is 0.167. The van der Waals surface area contributed by atoms with Gasteiger partial charge in [-0.3, -0.25) is 0 Å². The first kappa shape index (κ1) is 9.89. The molecular formula is C12H12N4O. The zero-order chi connectivity index (χ0) is 12.0. The average molecular weight is 228 g/mol. The Morgan fingerprint density at radius 2 is 1.94 bits per heavy atom. The lowest BCUT2D eigenvalue weighted by Gasteiger charge is -2.09. The van der Waals surface area contributed by atoms with Gasteiger partial charge in [0.2, 0.25) is 11.8 Å². The molecule has 86 valence electrons. The lowest BCUT2D eigenvalue weighted by atomic mass is 10.2. The van der Waals surface area contributed by atoms with Crippen molar-refractivity contribution in [3.8, 4) is 5.88 Å². The molecule has 17 heavy (non-hydrogen) atoms. The van der Waals surface area contributed by atoms with Gasteiger partial charge in [-0.15, -0.1) is 0 Å². The van der Waals surface area contributed by atoms with Crippen LogP contribution in [-0.2, 0) is 0 Å². The van der Waals surface area contributed by atoms with Crippen LogP contribution in [0.3, 0.4) is 0 Å². The Bertz CT molecular complexity index is 702. The van der Waals surface area contributed by atoms with E-state index in [1.807, 2.05) is 38.4 Å². The highest BCUT2D eigenvalue weighted by atomic mass is 16.3. The lowest BCUT2D eigenvalue weighted by Crippen LogP contribution is -2.12. The standard InChI is InChI=1S/C12H12N4O/c1-16(2)12-14-9-7-5-3-4-6-8(7)13-10(9)11(17)15-12/h3-6,13H,1-2H3,(H,14,15,17). The third-order valence-corrected chi connectivity index (χ3v) is 2.72. The third-order valence-electron chi connectivity index (χ3n) is 2.72. The summed E-state index contributed by atoms with van der Waals surface area (Å²) >= 11 is 0. The topological polar surface area (TPSA) is 65.0 Å². The third kappa shape index (κ3) is 1.39. The summed E-state index contributed by atoms with van der Waals surface area (Å²) in [6, 6.07) is 7.81. The van der Waals surface area contributed by atoms with Gasteiger partial charge in [0, 0.05) is 25.0 Å². The Hall–Kier alpha value is -2.30. The number of aromatic nitrogens is 3. The first-order chi connectivity index (χ1) is 8.16. The average Bonchev–Trinajstić information content (AvgIpc) is 2.68. The molecule has 0 radical (unpaired) electrons. The maximum absolute atomic E-state index is 9.89. The van der Waals surface area contributed by atoms with Crippen molar-refractivity contribution >= 4 is 27.9 Å².